The fraction of sp³-hybridized carbons (Fsp3) is 0.850. The first kappa shape index (κ1) is 110. The Morgan fingerprint density at radius 2 is 0.694 bits per heavy atom. The maximum Gasteiger partial charge on any atom is 0.222 e. The van der Waals surface area contributed by atoms with E-state index < -0.39 is 143 Å². The summed E-state index contributed by atoms with van der Waals surface area (Å²) in [5.41, 5.74) is -1.45. The van der Waals surface area contributed by atoms with Crippen molar-refractivity contribution in [2.24, 2.45) is 5.92 Å². The van der Waals surface area contributed by atoms with E-state index in [9.17, 15) is 108 Å². The van der Waals surface area contributed by atoms with Crippen LogP contribution >= 0.6 is 7.60 Å². The fourth-order valence-electron chi connectivity index (χ4n) is 14.2. The van der Waals surface area contributed by atoms with Crippen LogP contribution in [0, 0.1) is 12.6 Å². The zero-order valence-electron chi connectivity index (χ0n) is 72.4. The summed E-state index contributed by atoms with van der Waals surface area (Å²) < 4.78 is 69.0. The Bertz CT molecular complexity index is 2950. The van der Waals surface area contributed by atoms with E-state index in [1.807, 2.05) is 6.92 Å². The van der Waals surface area contributed by atoms with Crippen LogP contribution in [0.4, 0.5) is 0 Å². The molecule has 0 aromatic heterocycles. The molecule has 4 heterocycles. The number of hydrogen-bond acceptors (Lipinski definition) is 31. The van der Waals surface area contributed by atoms with Crippen molar-refractivity contribution >= 4 is 72.6 Å². The Hall–Kier alpha value is -6.40. The lowest BCUT2D eigenvalue weighted by Gasteiger charge is -2.42. The molecule has 43 nitrogen and oxygen atoms in total. The van der Waals surface area contributed by atoms with E-state index in [2.05, 4.69) is 59.8 Å². The Morgan fingerprint density at radius 3 is 1.00 bits per heavy atom. The van der Waals surface area contributed by atoms with Gasteiger partial charge in [-0.25, -0.2) is 6.66 Å². The molecule has 4 saturated heterocycles. The zero-order chi connectivity index (χ0) is 91.4. The predicted molar refractivity (Wildman–Crippen MR) is 441 cm³/mol. The number of ether oxygens (including phenoxy) is 9. The largest absolute Gasteiger partial charge is 0.394 e. The molecule has 0 aromatic rings. The highest BCUT2D eigenvalue weighted by Gasteiger charge is 2.48. The molecule has 124 heavy (non-hydrogen) atoms. The summed E-state index contributed by atoms with van der Waals surface area (Å²) in [6, 6.07) is -3.60. The van der Waals surface area contributed by atoms with Crippen LogP contribution in [0.1, 0.15) is 195 Å². The van der Waals surface area contributed by atoms with Crippen molar-refractivity contribution in [2.75, 3.05) is 132 Å². The third-order valence-corrected chi connectivity index (χ3v) is 21.5. The number of aliphatic hydroxyl groups is 9. The van der Waals surface area contributed by atoms with Gasteiger partial charge in [0.05, 0.1) is 72.1 Å². The van der Waals surface area contributed by atoms with Crippen LogP contribution in [-0.2, 0) is 104 Å². The standard InChI is InChI=1S/C80H143N11O32P/c1-52-43-56(48-120-124(5,112)113)91(44-52)67(105)27-13-11-9-7-6-8-10-12-26-66(104)90-80(49-114-40-28-63(101)84-34-20-31-81-60(98)23-14-17-37-117-77-68(87-53(2)95)74(109)71(106)57(45-92)121-77,50-115-41-29-64(102)85-35-21-32-82-61(99)24-15-18-38-118-78-69(88-54(3)96)75(110)72(107)58(46-93)122-78)51-116-42-30-65(103)86-36-22-33-83-62(100)25-16-19-39-119-79-70(89-55(4)97)76(111)73(108)59(47-94)123-79/h52,56-59,68-79,92-94,106-111H,5-51H2,1-4H3,(H,81,98)(H,82,99)(H,83,100)(H,84,101)(H,85,102)(H,86,103)(H,87,95)(H,88,96)(H,89,97)(H,90,104)(H,112,113)/q-1/t52-,56+,57?,58?,59?,68?,69?,70?,71?,72?,73?,74?,75?,76?,77?,78?,79?,80?/m1/s1. The van der Waals surface area contributed by atoms with Crippen molar-refractivity contribution in [1.82, 2.24) is 58.1 Å². The summed E-state index contributed by atoms with van der Waals surface area (Å²) in [6.45, 7) is 7.82. The summed E-state index contributed by atoms with van der Waals surface area (Å²) in [4.78, 5) is 151. The van der Waals surface area contributed by atoms with Crippen molar-refractivity contribution in [3.63, 3.8) is 0 Å². The van der Waals surface area contributed by atoms with Gasteiger partial charge in [0, 0.05) is 138 Å². The van der Waals surface area contributed by atoms with Crippen molar-refractivity contribution in [2.45, 2.75) is 298 Å². The summed E-state index contributed by atoms with van der Waals surface area (Å²) in [5, 5.41) is 118. The topological polar surface area (TPSA) is 623 Å². The van der Waals surface area contributed by atoms with Crippen LogP contribution in [0.5, 0.6) is 0 Å². The molecule has 20 N–H and O–H groups in total. The monoisotopic (exact) mass is 1800 g/mol. The number of amides is 11. The Kier molecular flexibility index (Phi) is 54.9. The minimum atomic E-state index is -3.94. The molecule has 4 fully saturated rings. The number of aliphatic hydroxyl groups excluding tert-OH is 9. The maximum atomic E-state index is 14.1. The lowest BCUT2D eigenvalue weighted by Crippen LogP contribution is -2.64. The highest BCUT2D eigenvalue weighted by molar-refractivity contribution is 7.54. The third-order valence-electron chi connectivity index (χ3n) is 20.9. The first-order valence-corrected chi connectivity index (χ1v) is 45.3. The molecule has 0 aliphatic carbocycles. The number of unbranched alkanes of at least 4 members (excludes halogenated alkanes) is 10. The van der Waals surface area contributed by atoms with Crippen LogP contribution in [0.2, 0.25) is 0 Å². The number of nitrogens with zero attached hydrogens (tertiary/aromatic N) is 1. The zero-order valence-corrected chi connectivity index (χ0v) is 73.3. The van der Waals surface area contributed by atoms with Gasteiger partial charge in [0.2, 0.25) is 65.0 Å². The summed E-state index contributed by atoms with van der Waals surface area (Å²) in [7, 11) is -3.94. The molecule has 0 aromatic carbocycles. The lowest BCUT2D eigenvalue weighted by atomic mass is 9.97. The number of carbonyl (C=O) groups is 11. The van der Waals surface area contributed by atoms with Gasteiger partial charge >= 0.3 is 0 Å². The average Bonchev–Trinajstić information content (AvgIpc) is 0.867. The molecule has 0 radical (unpaired) electrons. The van der Waals surface area contributed by atoms with Crippen LogP contribution in [0.15, 0.2) is 0 Å². The third kappa shape index (κ3) is 45.0. The van der Waals surface area contributed by atoms with Gasteiger partial charge in [-0.1, -0.05) is 45.4 Å². The van der Waals surface area contributed by atoms with Gasteiger partial charge in [0.25, 0.3) is 0 Å². The van der Waals surface area contributed by atoms with Crippen LogP contribution in [0.25, 0.3) is 0 Å². The maximum absolute atomic E-state index is 14.1. The molecular formula is C80H143N11O32P-. The van der Waals surface area contributed by atoms with E-state index in [0.717, 1.165) is 32.1 Å². The van der Waals surface area contributed by atoms with Gasteiger partial charge in [-0.15, -0.1) is 0 Å². The predicted octanol–water partition coefficient (Wildman–Crippen LogP) is -3.55. The molecule has 716 valence electrons. The van der Waals surface area contributed by atoms with Gasteiger partial charge in [0.1, 0.15) is 78.6 Å². The number of likely N-dealkylation sites (tertiary alicyclic amines) is 1. The molecular weight excluding hydrogens is 1660 g/mol. The van der Waals surface area contributed by atoms with E-state index in [1.165, 1.54) is 20.8 Å². The molecule has 4 aliphatic rings. The van der Waals surface area contributed by atoms with E-state index in [-0.39, 0.29) is 210 Å². The van der Waals surface area contributed by atoms with Crippen molar-refractivity contribution in [3.8, 4) is 0 Å². The quantitative estimate of drug-likeness (QED) is 0.0159. The Balaban J connectivity index is 1.31. The van der Waals surface area contributed by atoms with E-state index in [4.69, 9.17) is 47.2 Å². The average molecular weight is 1800 g/mol. The second kappa shape index (κ2) is 61.9. The molecule has 4 aliphatic heterocycles. The second-order valence-corrected chi connectivity index (χ2v) is 33.5. The summed E-state index contributed by atoms with van der Waals surface area (Å²) in [6.07, 6.45) is -4.91. The van der Waals surface area contributed by atoms with Gasteiger partial charge < -0.3 is 156 Å². The summed E-state index contributed by atoms with van der Waals surface area (Å²) in [5.74, 6) is -3.60. The molecule has 0 spiro atoms. The Morgan fingerprint density at radius 1 is 0.403 bits per heavy atom. The van der Waals surface area contributed by atoms with Crippen LogP contribution < -0.4 is 53.2 Å². The molecule has 0 saturated carbocycles. The van der Waals surface area contributed by atoms with E-state index >= 15 is 0 Å². The van der Waals surface area contributed by atoms with Crippen LogP contribution in [0.3, 0.4) is 0 Å². The van der Waals surface area contributed by atoms with E-state index in [1.54, 1.807) is 4.90 Å². The number of hydrogen-bond donors (Lipinski definition) is 20. The fourth-order valence-corrected chi connectivity index (χ4v) is 14.6. The van der Waals surface area contributed by atoms with Gasteiger partial charge in [-0.3, -0.25) is 57.3 Å². The first-order valence-electron chi connectivity index (χ1n) is 43.5. The number of nitrogens with one attached hydrogen (secondary N) is 10. The first-order chi connectivity index (χ1) is 59.2. The van der Waals surface area contributed by atoms with Gasteiger partial charge in [-0.05, 0) is 83.0 Å². The second-order valence-electron chi connectivity index (χ2n) is 32.0. The number of rotatable bonds is 66. The molecule has 4 rings (SSSR count). The molecule has 44 heteroatoms. The normalized spacial score (nSPS) is 25.3. The minimum Gasteiger partial charge on any atom is -0.394 e. The Labute approximate surface area is 725 Å². The highest BCUT2D eigenvalue weighted by Crippen LogP contribution is 2.41. The van der Waals surface area contributed by atoms with E-state index in [0.29, 0.717) is 96.4 Å². The van der Waals surface area contributed by atoms with Crippen LogP contribution in [-0.4, -0.2) is 356 Å². The number of carbonyl (C=O) groups excluding carboxylic acids is 11. The lowest BCUT2D eigenvalue weighted by molar-refractivity contribution is -0.270. The van der Waals surface area contributed by atoms with Crippen molar-refractivity contribution in [3.05, 3.63) is 6.66 Å². The SMILES string of the molecule is [CH2-]P(=O)(O)OC[C@@H]1C[C@@H](C)CN1C(=O)CCCCCCCCCCC(=O)NC(COCCC(=O)NCCCNC(=O)CCCCOC1OC(CO)C(O)C(O)C1NC(C)=O)(COCCC(=O)NCCCNC(=O)CCCCOC1OC(CO)C(O)C(O)C1NC(C)=O)COCCC(=O)NCCCNC(=O)CCCCOC1OC(CO)C(O)C(O)C1NC(C)=O. The minimum absolute atomic E-state index is 0.0208. The van der Waals surface area contributed by atoms with Gasteiger partial charge in [-0.2, -0.15) is 0 Å². The van der Waals surface area contributed by atoms with Crippen molar-refractivity contribution in [1.29, 1.82) is 0 Å². The molecule has 0 bridgehead atoms. The highest BCUT2D eigenvalue weighted by atomic mass is 31.2. The molecule has 11 amide bonds. The summed E-state index contributed by atoms with van der Waals surface area (Å²) >= 11 is 0. The van der Waals surface area contributed by atoms with Crippen molar-refractivity contribution < 1.29 is 155 Å². The van der Waals surface area contributed by atoms with Gasteiger partial charge in [0.15, 0.2) is 26.5 Å². The molecule has 18 atom stereocenters. The smallest absolute Gasteiger partial charge is 0.222 e. The molecule has 16 unspecified atom stereocenters.